The highest BCUT2D eigenvalue weighted by Gasteiger charge is 2.31. The predicted molar refractivity (Wildman–Crippen MR) is 69.8 cm³/mol. The molecule has 1 saturated carbocycles. The van der Waals surface area contributed by atoms with E-state index in [-0.39, 0.29) is 29.2 Å². The van der Waals surface area contributed by atoms with Crippen molar-refractivity contribution in [2.45, 2.75) is 32.1 Å². The summed E-state index contributed by atoms with van der Waals surface area (Å²) in [5, 5.41) is 12.3. The number of H-pyrrole nitrogens is 1. The number of carbonyl (C=O) groups is 1. The summed E-state index contributed by atoms with van der Waals surface area (Å²) in [6, 6.07) is 0. The molecule has 1 aromatic rings. The van der Waals surface area contributed by atoms with Crippen molar-refractivity contribution in [3.8, 4) is 0 Å². The van der Waals surface area contributed by atoms with Gasteiger partial charge in [0, 0.05) is 18.2 Å². The third-order valence-corrected chi connectivity index (χ3v) is 3.78. The van der Waals surface area contributed by atoms with Gasteiger partial charge >= 0.3 is 0 Å². The minimum Gasteiger partial charge on any atom is -0.396 e. The molecule has 1 aromatic heterocycles. The molecule has 0 aromatic carbocycles. The van der Waals surface area contributed by atoms with Crippen LogP contribution >= 0.6 is 0 Å². The molecule has 6 nitrogen and oxygen atoms in total. The van der Waals surface area contributed by atoms with Crippen molar-refractivity contribution < 1.29 is 9.90 Å². The number of nitrogens with one attached hydrogen (secondary N) is 2. The van der Waals surface area contributed by atoms with E-state index < -0.39 is 0 Å². The van der Waals surface area contributed by atoms with Crippen molar-refractivity contribution in [3.63, 3.8) is 0 Å². The first-order chi connectivity index (χ1) is 9.15. The number of aliphatic hydroxyl groups is 1. The SMILES string of the molecule is O=C(NCC1(CO)CCCCC1)c1c[nH]c(=O)cn1. The van der Waals surface area contributed by atoms with Gasteiger partial charge in [-0.05, 0) is 12.8 Å². The summed E-state index contributed by atoms with van der Waals surface area (Å²) >= 11 is 0. The Bertz CT molecular complexity index is 472. The maximum atomic E-state index is 11.9. The fraction of sp³-hybridized carbons (Fsp3) is 0.615. The molecule has 0 aliphatic heterocycles. The molecule has 1 fully saturated rings. The van der Waals surface area contributed by atoms with Crippen LogP contribution in [0.15, 0.2) is 17.2 Å². The highest BCUT2D eigenvalue weighted by Crippen LogP contribution is 2.35. The second-order valence-electron chi connectivity index (χ2n) is 5.20. The maximum Gasteiger partial charge on any atom is 0.271 e. The van der Waals surface area contributed by atoms with Crippen molar-refractivity contribution in [1.82, 2.24) is 15.3 Å². The van der Waals surface area contributed by atoms with Crippen LogP contribution in [-0.2, 0) is 0 Å². The van der Waals surface area contributed by atoms with Gasteiger partial charge in [0.15, 0.2) is 0 Å². The minimum absolute atomic E-state index is 0.0896. The minimum atomic E-state index is -0.337. The Hall–Kier alpha value is -1.69. The van der Waals surface area contributed by atoms with Gasteiger partial charge in [-0.25, -0.2) is 4.98 Å². The quantitative estimate of drug-likeness (QED) is 0.736. The molecule has 104 valence electrons. The summed E-state index contributed by atoms with van der Waals surface area (Å²) < 4.78 is 0. The summed E-state index contributed by atoms with van der Waals surface area (Å²) in [5.74, 6) is -0.324. The number of hydrogen-bond acceptors (Lipinski definition) is 4. The van der Waals surface area contributed by atoms with E-state index >= 15 is 0 Å². The molecule has 0 radical (unpaired) electrons. The number of aromatic nitrogens is 2. The number of rotatable bonds is 4. The molecular formula is C13H19N3O3. The van der Waals surface area contributed by atoms with Crippen LogP contribution in [0, 0.1) is 5.41 Å². The largest absolute Gasteiger partial charge is 0.396 e. The van der Waals surface area contributed by atoms with Crippen molar-refractivity contribution in [2.75, 3.05) is 13.2 Å². The summed E-state index contributed by atoms with van der Waals surface area (Å²) in [4.78, 5) is 28.9. The van der Waals surface area contributed by atoms with Crippen LogP contribution in [0.25, 0.3) is 0 Å². The number of hydrogen-bond donors (Lipinski definition) is 3. The highest BCUT2D eigenvalue weighted by atomic mass is 16.3. The standard InChI is InChI=1S/C13H19N3O3/c17-9-13(4-2-1-3-5-13)8-16-12(19)10-6-15-11(18)7-14-10/h6-7,17H,1-5,8-9H2,(H,15,18)(H,16,19). The molecule has 6 heteroatoms. The average molecular weight is 265 g/mol. The number of nitrogens with zero attached hydrogens (tertiary/aromatic N) is 1. The van der Waals surface area contributed by atoms with Crippen LogP contribution < -0.4 is 10.9 Å². The Morgan fingerprint density at radius 2 is 2.16 bits per heavy atom. The van der Waals surface area contributed by atoms with E-state index in [0.717, 1.165) is 31.9 Å². The zero-order valence-electron chi connectivity index (χ0n) is 10.8. The van der Waals surface area contributed by atoms with Gasteiger partial charge in [0.1, 0.15) is 5.69 Å². The smallest absolute Gasteiger partial charge is 0.271 e. The van der Waals surface area contributed by atoms with Crippen LogP contribution in [-0.4, -0.2) is 34.1 Å². The zero-order chi connectivity index (χ0) is 13.7. The molecule has 1 aliphatic rings. The third-order valence-electron chi connectivity index (χ3n) is 3.78. The Morgan fingerprint density at radius 3 is 2.74 bits per heavy atom. The lowest BCUT2D eigenvalue weighted by molar-refractivity contribution is 0.0715. The van der Waals surface area contributed by atoms with Gasteiger partial charge in [-0.3, -0.25) is 9.59 Å². The Balaban J connectivity index is 1.95. The van der Waals surface area contributed by atoms with Crippen LogP contribution in [0.5, 0.6) is 0 Å². The van der Waals surface area contributed by atoms with Crippen LogP contribution in [0.4, 0.5) is 0 Å². The average Bonchev–Trinajstić information content (AvgIpc) is 2.46. The first kappa shape index (κ1) is 13.7. The van der Waals surface area contributed by atoms with Gasteiger partial charge in [-0.15, -0.1) is 0 Å². The van der Waals surface area contributed by atoms with Gasteiger partial charge in [0.05, 0.1) is 12.8 Å². The van der Waals surface area contributed by atoms with Crippen molar-refractivity contribution >= 4 is 5.91 Å². The second kappa shape index (κ2) is 5.97. The van der Waals surface area contributed by atoms with E-state index in [0.29, 0.717) is 6.54 Å². The van der Waals surface area contributed by atoms with Crippen molar-refractivity contribution in [2.24, 2.45) is 5.41 Å². The van der Waals surface area contributed by atoms with E-state index in [1.807, 2.05) is 0 Å². The van der Waals surface area contributed by atoms with Crippen molar-refractivity contribution in [3.05, 3.63) is 28.4 Å². The second-order valence-corrected chi connectivity index (χ2v) is 5.20. The van der Waals surface area contributed by atoms with Crippen LogP contribution in [0.1, 0.15) is 42.6 Å². The predicted octanol–water partition coefficient (Wildman–Crippen LogP) is 0.442. The number of aliphatic hydroxyl groups excluding tert-OH is 1. The van der Waals surface area contributed by atoms with Crippen LogP contribution in [0.3, 0.4) is 0 Å². The Labute approximate surface area is 111 Å². The normalized spacial score (nSPS) is 17.9. The fourth-order valence-corrected chi connectivity index (χ4v) is 2.52. The molecule has 2 rings (SSSR count). The van der Waals surface area contributed by atoms with Gasteiger partial charge < -0.3 is 15.4 Å². The van der Waals surface area contributed by atoms with E-state index in [9.17, 15) is 14.7 Å². The first-order valence-electron chi connectivity index (χ1n) is 6.59. The molecule has 1 amide bonds. The third kappa shape index (κ3) is 3.41. The summed E-state index contributed by atoms with van der Waals surface area (Å²) in [5.41, 5.74) is -0.352. The zero-order valence-corrected chi connectivity index (χ0v) is 10.8. The van der Waals surface area contributed by atoms with Gasteiger partial charge in [-0.2, -0.15) is 0 Å². The molecule has 0 atom stereocenters. The molecule has 1 aliphatic carbocycles. The molecule has 0 unspecified atom stereocenters. The molecule has 1 heterocycles. The van der Waals surface area contributed by atoms with E-state index in [4.69, 9.17) is 0 Å². The fourth-order valence-electron chi connectivity index (χ4n) is 2.52. The molecule has 0 saturated heterocycles. The van der Waals surface area contributed by atoms with Gasteiger partial charge in [0.25, 0.3) is 11.5 Å². The Kier molecular flexibility index (Phi) is 4.31. The van der Waals surface area contributed by atoms with Crippen molar-refractivity contribution in [1.29, 1.82) is 0 Å². The maximum absolute atomic E-state index is 11.9. The lowest BCUT2D eigenvalue weighted by Gasteiger charge is -2.35. The molecule has 19 heavy (non-hydrogen) atoms. The molecule has 3 N–H and O–H groups in total. The number of carbonyl (C=O) groups excluding carboxylic acids is 1. The van der Waals surface area contributed by atoms with E-state index in [2.05, 4.69) is 15.3 Å². The van der Waals surface area contributed by atoms with Gasteiger partial charge in [-0.1, -0.05) is 19.3 Å². The summed E-state index contributed by atoms with van der Waals surface area (Å²) in [6.45, 7) is 0.537. The lowest BCUT2D eigenvalue weighted by Crippen LogP contribution is -2.41. The molecular weight excluding hydrogens is 246 g/mol. The monoisotopic (exact) mass is 265 g/mol. The van der Waals surface area contributed by atoms with E-state index in [1.165, 1.54) is 12.6 Å². The van der Waals surface area contributed by atoms with Crippen LogP contribution in [0.2, 0.25) is 0 Å². The summed E-state index contributed by atoms with van der Waals surface area (Å²) in [6.07, 6.45) is 7.62. The number of aromatic amines is 1. The highest BCUT2D eigenvalue weighted by molar-refractivity contribution is 5.91. The topological polar surface area (TPSA) is 95.1 Å². The summed E-state index contributed by atoms with van der Waals surface area (Å²) in [7, 11) is 0. The van der Waals surface area contributed by atoms with Gasteiger partial charge in [0.2, 0.25) is 0 Å². The lowest BCUT2D eigenvalue weighted by atomic mass is 9.74. The first-order valence-corrected chi connectivity index (χ1v) is 6.59. The number of amides is 1. The Morgan fingerprint density at radius 1 is 1.42 bits per heavy atom. The van der Waals surface area contributed by atoms with E-state index in [1.54, 1.807) is 0 Å². The molecule has 0 spiro atoms. The molecule has 0 bridgehead atoms.